The van der Waals surface area contributed by atoms with Crippen LogP contribution >= 0.6 is 0 Å². The highest BCUT2D eigenvalue weighted by Crippen LogP contribution is 2.15. The molecule has 24 heavy (non-hydrogen) atoms. The fraction of sp³-hybridized carbons (Fsp3) is 0.125. The third-order valence-corrected chi connectivity index (χ3v) is 3.10. The lowest BCUT2D eigenvalue weighted by Gasteiger charge is -2.09. The molecule has 2 aromatic rings. The molecule has 0 unspecified atom stereocenters. The number of carbonyl (C=O) groups excluding carboxylic acids is 2. The van der Waals surface area contributed by atoms with Gasteiger partial charge in [-0.15, -0.1) is 0 Å². The third kappa shape index (κ3) is 4.03. The Morgan fingerprint density at radius 2 is 1.38 bits per heavy atom. The van der Waals surface area contributed by atoms with E-state index in [9.17, 15) is 22.8 Å². The highest BCUT2D eigenvalue weighted by atomic mass is 19.2. The number of amides is 2. The molecule has 2 amide bonds. The molecule has 2 rings (SSSR count). The number of phenolic OH excluding ortho intramolecular Hbond substituents is 1. The first kappa shape index (κ1) is 17.3. The van der Waals surface area contributed by atoms with E-state index in [1.165, 1.54) is 24.3 Å². The molecule has 5 nitrogen and oxygen atoms in total. The van der Waals surface area contributed by atoms with Gasteiger partial charge in [-0.2, -0.15) is 0 Å². The largest absolute Gasteiger partial charge is 0.508 e. The summed E-state index contributed by atoms with van der Waals surface area (Å²) in [5.74, 6) is -5.64. The summed E-state index contributed by atoms with van der Waals surface area (Å²) in [5, 5.41) is 13.8. The van der Waals surface area contributed by atoms with Gasteiger partial charge in [0.1, 0.15) is 17.1 Å². The number of hydrogen-bond donors (Lipinski definition) is 3. The van der Waals surface area contributed by atoms with Gasteiger partial charge in [0.25, 0.3) is 11.8 Å². The molecule has 0 fully saturated rings. The molecule has 0 spiro atoms. The molecule has 0 aromatic heterocycles. The van der Waals surface area contributed by atoms with Crippen LogP contribution in [-0.4, -0.2) is 30.0 Å². The van der Waals surface area contributed by atoms with Gasteiger partial charge in [0.2, 0.25) is 0 Å². The van der Waals surface area contributed by atoms with Gasteiger partial charge < -0.3 is 15.7 Å². The average Bonchev–Trinajstić information content (AvgIpc) is 2.56. The van der Waals surface area contributed by atoms with Crippen LogP contribution in [0.25, 0.3) is 0 Å². The molecule has 8 heteroatoms. The first-order chi connectivity index (χ1) is 11.4. The van der Waals surface area contributed by atoms with E-state index in [2.05, 4.69) is 10.6 Å². The van der Waals surface area contributed by atoms with Crippen LogP contribution in [0.5, 0.6) is 5.75 Å². The van der Waals surface area contributed by atoms with Gasteiger partial charge in [0.05, 0.1) is 0 Å². The minimum atomic E-state index is -1.57. The van der Waals surface area contributed by atoms with E-state index < -0.39 is 34.8 Å². The molecular weight excluding hydrogens is 325 g/mol. The Morgan fingerprint density at radius 1 is 0.833 bits per heavy atom. The maximum atomic E-state index is 13.4. The summed E-state index contributed by atoms with van der Waals surface area (Å²) in [6.07, 6.45) is 0. The van der Waals surface area contributed by atoms with Crippen molar-refractivity contribution in [2.75, 3.05) is 13.1 Å². The topological polar surface area (TPSA) is 78.4 Å². The maximum absolute atomic E-state index is 13.4. The number of hydrogen-bond acceptors (Lipinski definition) is 3. The highest BCUT2D eigenvalue weighted by Gasteiger charge is 2.20. The van der Waals surface area contributed by atoms with Crippen LogP contribution in [0, 0.1) is 17.5 Å². The molecular formula is C16H13F3N2O3. The van der Waals surface area contributed by atoms with Crippen molar-refractivity contribution in [3.05, 3.63) is 65.0 Å². The maximum Gasteiger partial charge on any atom is 0.257 e. The number of carbonyl (C=O) groups is 2. The fourth-order valence-electron chi connectivity index (χ4n) is 1.89. The highest BCUT2D eigenvalue weighted by molar-refractivity contribution is 5.95. The summed E-state index contributed by atoms with van der Waals surface area (Å²) in [7, 11) is 0. The molecule has 0 aliphatic heterocycles. The number of benzene rings is 2. The molecule has 0 bridgehead atoms. The van der Waals surface area contributed by atoms with Crippen molar-refractivity contribution in [3.8, 4) is 5.75 Å². The minimum Gasteiger partial charge on any atom is -0.508 e. The lowest BCUT2D eigenvalue weighted by atomic mass is 10.1. The Labute approximate surface area is 135 Å². The summed E-state index contributed by atoms with van der Waals surface area (Å²) in [4.78, 5) is 23.4. The molecule has 3 N–H and O–H groups in total. The number of phenols is 1. The van der Waals surface area contributed by atoms with E-state index in [1.807, 2.05) is 0 Å². The molecule has 0 atom stereocenters. The minimum absolute atomic E-state index is 0.00992. The molecule has 0 heterocycles. The molecule has 0 saturated heterocycles. The second-order valence-electron chi connectivity index (χ2n) is 4.78. The second-order valence-corrected chi connectivity index (χ2v) is 4.78. The van der Waals surface area contributed by atoms with E-state index in [4.69, 9.17) is 5.11 Å². The third-order valence-electron chi connectivity index (χ3n) is 3.10. The summed E-state index contributed by atoms with van der Waals surface area (Å²) < 4.78 is 39.9. The van der Waals surface area contributed by atoms with Crippen LogP contribution in [0.1, 0.15) is 20.7 Å². The van der Waals surface area contributed by atoms with Gasteiger partial charge in [-0.3, -0.25) is 9.59 Å². The lowest BCUT2D eigenvalue weighted by molar-refractivity contribution is 0.0922. The Bertz CT molecular complexity index is 764. The van der Waals surface area contributed by atoms with Gasteiger partial charge in [-0.25, -0.2) is 13.2 Å². The zero-order valence-corrected chi connectivity index (χ0v) is 12.3. The smallest absolute Gasteiger partial charge is 0.257 e. The van der Waals surface area contributed by atoms with Crippen molar-refractivity contribution < 1.29 is 27.9 Å². The van der Waals surface area contributed by atoms with Crippen molar-refractivity contribution in [2.45, 2.75) is 0 Å². The summed E-state index contributed by atoms with van der Waals surface area (Å²) in [6, 6.07) is 6.72. The monoisotopic (exact) mass is 338 g/mol. The van der Waals surface area contributed by atoms with Gasteiger partial charge in [-0.05, 0) is 36.4 Å². The number of halogens is 3. The van der Waals surface area contributed by atoms with Crippen molar-refractivity contribution in [1.29, 1.82) is 0 Å². The fourth-order valence-corrected chi connectivity index (χ4v) is 1.89. The quantitative estimate of drug-likeness (QED) is 0.576. The van der Waals surface area contributed by atoms with Crippen molar-refractivity contribution >= 4 is 11.8 Å². The number of rotatable bonds is 5. The molecule has 0 saturated carbocycles. The zero-order chi connectivity index (χ0) is 17.7. The van der Waals surface area contributed by atoms with Crippen LogP contribution in [0.2, 0.25) is 0 Å². The van der Waals surface area contributed by atoms with E-state index in [1.54, 1.807) is 0 Å². The van der Waals surface area contributed by atoms with Crippen molar-refractivity contribution in [2.24, 2.45) is 0 Å². The van der Waals surface area contributed by atoms with Gasteiger partial charge in [0, 0.05) is 18.7 Å². The zero-order valence-electron chi connectivity index (χ0n) is 12.3. The Morgan fingerprint density at radius 3 is 2.00 bits per heavy atom. The van der Waals surface area contributed by atoms with Crippen LogP contribution < -0.4 is 10.6 Å². The molecule has 0 aliphatic carbocycles. The molecule has 126 valence electrons. The molecule has 0 aliphatic rings. The van der Waals surface area contributed by atoms with Gasteiger partial charge in [-0.1, -0.05) is 0 Å². The number of nitrogens with one attached hydrogen (secondary N) is 2. The normalized spacial score (nSPS) is 10.3. The van der Waals surface area contributed by atoms with Gasteiger partial charge >= 0.3 is 0 Å². The van der Waals surface area contributed by atoms with E-state index in [0.29, 0.717) is 17.7 Å². The van der Waals surface area contributed by atoms with Crippen LogP contribution in [0.15, 0.2) is 36.4 Å². The van der Waals surface area contributed by atoms with E-state index in [-0.39, 0.29) is 18.8 Å². The first-order valence-electron chi connectivity index (χ1n) is 6.89. The standard InChI is InChI=1S/C16H13F3N2O3/c17-11-5-6-12(18)14(19)13(11)16(24)21-8-7-20-15(23)9-1-3-10(22)4-2-9/h1-6,22H,7-8H2,(H,20,23)(H,21,24). The van der Waals surface area contributed by atoms with E-state index in [0.717, 1.165) is 0 Å². The molecule has 2 aromatic carbocycles. The van der Waals surface area contributed by atoms with Crippen molar-refractivity contribution in [3.63, 3.8) is 0 Å². The number of aromatic hydroxyl groups is 1. The van der Waals surface area contributed by atoms with Crippen LogP contribution in [0.4, 0.5) is 13.2 Å². The Balaban J connectivity index is 1.86. The average molecular weight is 338 g/mol. The SMILES string of the molecule is O=C(NCCNC(=O)c1c(F)ccc(F)c1F)c1ccc(O)cc1. The summed E-state index contributed by atoms with van der Waals surface area (Å²) in [6.45, 7) is -0.123. The van der Waals surface area contributed by atoms with Crippen LogP contribution in [0.3, 0.4) is 0 Å². The first-order valence-corrected chi connectivity index (χ1v) is 6.89. The van der Waals surface area contributed by atoms with E-state index >= 15 is 0 Å². The van der Waals surface area contributed by atoms with Crippen LogP contribution in [-0.2, 0) is 0 Å². The van der Waals surface area contributed by atoms with Crippen molar-refractivity contribution in [1.82, 2.24) is 10.6 Å². The predicted octanol–water partition coefficient (Wildman–Crippen LogP) is 1.97. The predicted molar refractivity (Wildman–Crippen MR) is 79.1 cm³/mol. The summed E-state index contributed by atoms with van der Waals surface area (Å²) >= 11 is 0. The lowest BCUT2D eigenvalue weighted by Crippen LogP contribution is -2.35. The van der Waals surface area contributed by atoms with Gasteiger partial charge in [0.15, 0.2) is 11.6 Å². The molecule has 0 radical (unpaired) electrons. The Hall–Kier alpha value is -3.03. The summed E-state index contributed by atoms with van der Waals surface area (Å²) in [5.41, 5.74) is -0.721. The second kappa shape index (κ2) is 7.49. The Kier molecular flexibility index (Phi) is 5.41.